The number of hydrogen-bond acceptors (Lipinski definition) is 2. The van der Waals surface area contributed by atoms with E-state index in [1.165, 1.54) is 25.7 Å². The summed E-state index contributed by atoms with van der Waals surface area (Å²) in [4.78, 5) is 0. The highest BCUT2D eigenvalue weighted by Crippen LogP contribution is 2.40. The zero-order valence-corrected chi connectivity index (χ0v) is 10.7. The van der Waals surface area contributed by atoms with Gasteiger partial charge in [-0.05, 0) is 18.8 Å². The maximum absolute atomic E-state index is 5.68. The summed E-state index contributed by atoms with van der Waals surface area (Å²) in [6, 6.07) is 0. The van der Waals surface area contributed by atoms with Gasteiger partial charge in [-0.2, -0.15) is 0 Å². The normalized spacial score (nSPS) is 20.8. The number of ether oxygens (including phenoxy) is 2. The van der Waals surface area contributed by atoms with Crippen LogP contribution in [0.3, 0.4) is 0 Å². The Kier molecular flexibility index (Phi) is 5.07. The van der Waals surface area contributed by atoms with E-state index in [2.05, 4.69) is 13.8 Å². The molecule has 90 valence electrons. The van der Waals surface area contributed by atoms with Gasteiger partial charge in [0.1, 0.15) is 0 Å². The van der Waals surface area contributed by atoms with Gasteiger partial charge >= 0.3 is 0 Å². The van der Waals surface area contributed by atoms with E-state index in [9.17, 15) is 0 Å². The lowest BCUT2D eigenvalue weighted by molar-refractivity contribution is -0.249. The van der Waals surface area contributed by atoms with Crippen molar-refractivity contribution in [3.63, 3.8) is 0 Å². The lowest BCUT2D eigenvalue weighted by Crippen LogP contribution is -2.43. The van der Waals surface area contributed by atoms with Gasteiger partial charge in [-0.15, -0.1) is 0 Å². The molecular formula is C13H26O2. The first-order valence-electron chi connectivity index (χ1n) is 6.30. The van der Waals surface area contributed by atoms with E-state index in [1.54, 1.807) is 14.2 Å². The molecule has 2 heteroatoms. The molecule has 1 fully saturated rings. The monoisotopic (exact) mass is 214 g/mol. The molecule has 0 aromatic heterocycles. The minimum Gasteiger partial charge on any atom is -0.353 e. The quantitative estimate of drug-likeness (QED) is 0.629. The van der Waals surface area contributed by atoms with E-state index in [1.807, 2.05) is 0 Å². The van der Waals surface area contributed by atoms with Crippen molar-refractivity contribution in [3.8, 4) is 0 Å². The van der Waals surface area contributed by atoms with Crippen LogP contribution in [0.25, 0.3) is 0 Å². The van der Waals surface area contributed by atoms with Crippen molar-refractivity contribution in [1.82, 2.24) is 0 Å². The third-order valence-corrected chi connectivity index (χ3v) is 4.09. The molecule has 1 unspecified atom stereocenters. The highest BCUT2D eigenvalue weighted by Gasteiger charge is 2.40. The lowest BCUT2D eigenvalue weighted by atomic mass is 9.83. The predicted molar refractivity (Wildman–Crippen MR) is 62.8 cm³/mol. The van der Waals surface area contributed by atoms with Crippen LogP contribution in [0.1, 0.15) is 52.4 Å². The molecule has 0 spiro atoms. The molecule has 0 heterocycles. The van der Waals surface area contributed by atoms with Crippen LogP contribution in [-0.2, 0) is 9.47 Å². The van der Waals surface area contributed by atoms with Gasteiger partial charge in [0.15, 0.2) is 5.79 Å². The topological polar surface area (TPSA) is 18.5 Å². The molecule has 0 saturated heterocycles. The lowest BCUT2D eigenvalue weighted by Gasteiger charge is -2.39. The fourth-order valence-electron chi connectivity index (χ4n) is 3.05. The van der Waals surface area contributed by atoms with Gasteiger partial charge in [-0.1, -0.05) is 33.1 Å². The third-order valence-electron chi connectivity index (χ3n) is 4.09. The van der Waals surface area contributed by atoms with Gasteiger partial charge < -0.3 is 9.47 Å². The van der Waals surface area contributed by atoms with Crippen LogP contribution in [0.2, 0.25) is 0 Å². The third kappa shape index (κ3) is 2.73. The van der Waals surface area contributed by atoms with Crippen molar-refractivity contribution in [2.24, 2.45) is 11.8 Å². The zero-order chi connectivity index (χ0) is 11.3. The number of rotatable bonds is 6. The number of methoxy groups -OCH3 is 2. The molecule has 15 heavy (non-hydrogen) atoms. The summed E-state index contributed by atoms with van der Waals surface area (Å²) in [6.07, 6.45) is 7.56. The Balaban J connectivity index is 2.67. The average molecular weight is 214 g/mol. The van der Waals surface area contributed by atoms with Gasteiger partial charge in [0.2, 0.25) is 0 Å². The molecule has 2 nitrogen and oxygen atoms in total. The first-order valence-corrected chi connectivity index (χ1v) is 6.30. The Morgan fingerprint density at radius 1 is 1.20 bits per heavy atom. The summed E-state index contributed by atoms with van der Waals surface area (Å²) in [5.74, 6) is 0.954. The summed E-state index contributed by atoms with van der Waals surface area (Å²) >= 11 is 0. The maximum atomic E-state index is 5.68. The second kappa shape index (κ2) is 5.86. The van der Waals surface area contributed by atoms with Crippen molar-refractivity contribution >= 4 is 0 Å². The fourth-order valence-corrected chi connectivity index (χ4v) is 3.05. The van der Waals surface area contributed by atoms with Crippen molar-refractivity contribution in [3.05, 3.63) is 0 Å². The Morgan fingerprint density at radius 2 is 1.73 bits per heavy atom. The minimum atomic E-state index is -0.343. The maximum Gasteiger partial charge on any atom is 0.170 e. The largest absolute Gasteiger partial charge is 0.353 e. The van der Waals surface area contributed by atoms with Crippen molar-refractivity contribution in [2.45, 2.75) is 58.2 Å². The Morgan fingerprint density at radius 3 is 2.13 bits per heavy atom. The molecule has 0 aliphatic heterocycles. The van der Waals surface area contributed by atoms with E-state index in [-0.39, 0.29) is 5.79 Å². The van der Waals surface area contributed by atoms with E-state index >= 15 is 0 Å². The molecule has 0 aromatic rings. The van der Waals surface area contributed by atoms with Gasteiger partial charge in [-0.25, -0.2) is 0 Å². The highest BCUT2D eigenvalue weighted by atomic mass is 16.7. The highest BCUT2D eigenvalue weighted by molar-refractivity contribution is 4.84. The fraction of sp³-hybridized carbons (Fsp3) is 1.00. The van der Waals surface area contributed by atoms with E-state index < -0.39 is 0 Å². The number of hydrogen-bond donors (Lipinski definition) is 0. The summed E-state index contributed by atoms with van der Waals surface area (Å²) < 4.78 is 11.4. The van der Waals surface area contributed by atoms with Gasteiger partial charge in [0.25, 0.3) is 0 Å². The second-order valence-corrected chi connectivity index (χ2v) is 4.80. The Labute approximate surface area is 94.3 Å². The van der Waals surface area contributed by atoms with Crippen molar-refractivity contribution < 1.29 is 9.47 Å². The summed E-state index contributed by atoms with van der Waals surface area (Å²) in [5.41, 5.74) is 0. The Hall–Kier alpha value is -0.0800. The predicted octanol–water partition coefficient (Wildman–Crippen LogP) is 3.60. The molecule has 0 bridgehead atoms. The van der Waals surface area contributed by atoms with Crippen LogP contribution in [-0.4, -0.2) is 20.0 Å². The molecular weight excluding hydrogens is 188 g/mol. The summed E-state index contributed by atoms with van der Waals surface area (Å²) in [7, 11) is 3.56. The van der Waals surface area contributed by atoms with Gasteiger partial charge in [-0.3, -0.25) is 0 Å². The first-order chi connectivity index (χ1) is 7.20. The molecule has 1 atom stereocenters. The molecule has 1 rings (SSSR count). The van der Waals surface area contributed by atoms with E-state index in [0.717, 1.165) is 18.8 Å². The first kappa shape index (κ1) is 13.0. The standard InChI is InChI=1S/C13H26O2/c1-5-10-13(14-3,15-4)11(2)12-8-6-7-9-12/h11-12H,5-10H2,1-4H3. The molecule has 0 aromatic carbocycles. The van der Waals surface area contributed by atoms with Crippen LogP contribution >= 0.6 is 0 Å². The van der Waals surface area contributed by atoms with E-state index in [0.29, 0.717) is 5.92 Å². The molecule has 0 radical (unpaired) electrons. The van der Waals surface area contributed by atoms with Crippen LogP contribution in [0.5, 0.6) is 0 Å². The summed E-state index contributed by atoms with van der Waals surface area (Å²) in [5, 5.41) is 0. The van der Waals surface area contributed by atoms with Crippen molar-refractivity contribution in [2.75, 3.05) is 14.2 Å². The molecule has 0 amide bonds. The SMILES string of the molecule is CCCC(OC)(OC)C(C)C1CCCC1. The average Bonchev–Trinajstić information content (AvgIpc) is 2.78. The Bertz CT molecular complexity index is 169. The van der Waals surface area contributed by atoms with Crippen LogP contribution in [0.15, 0.2) is 0 Å². The summed E-state index contributed by atoms with van der Waals surface area (Å²) in [6.45, 7) is 4.48. The van der Waals surface area contributed by atoms with Crippen molar-refractivity contribution in [1.29, 1.82) is 0 Å². The molecule has 1 saturated carbocycles. The van der Waals surface area contributed by atoms with Crippen LogP contribution in [0.4, 0.5) is 0 Å². The minimum absolute atomic E-state index is 0.343. The smallest absolute Gasteiger partial charge is 0.170 e. The second-order valence-electron chi connectivity index (χ2n) is 4.80. The van der Waals surface area contributed by atoms with E-state index in [4.69, 9.17) is 9.47 Å². The molecule has 0 N–H and O–H groups in total. The molecule has 1 aliphatic rings. The van der Waals surface area contributed by atoms with Gasteiger partial charge in [0, 0.05) is 26.6 Å². The molecule has 1 aliphatic carbocycles. The van der Waals surface area contributed by atoms with Crippen LogP contribution in [0, 0.1) is 11.8 Å². The zero-order valence-electron chi connectivity index (χ0n) is 10.7. The van der Waals surface area contributed by atoms with Crippen LogP contribution < -0.4 is 0 Å². The van der Waals surface area contributed by atoms with Gasteiger partial charge in [0.05, 0.1) is 0 Å².